The fraction of sp³-hybridized carbons (Fsp3) is 0.222. The summed E-state index contributed by atoms with van der Waals surface area (Å²) < 4.78 is 17.6. The summed E-state index contributed by atoms with van der Waals surface area (Å²) in [6.45, 7) is 5.66. The minimum atomic E-state index is -1.03. The topological polar surface area (TPSA) is 102 Å². The summed E-state index contributed by atoms with van der Waals surface area (Å²) in [7, 11) is 2.98. The summed E-state index contributed by atoms with van der Waals surface area (Å²) in [5.41, 5.74) is 3.14. The van der Waals surface area contributed by atoms with Gasteiger partial charge in [0.1, 0.15) is 11.8 Å². The molecule has 1 atom stereocenters. The first-order valence-electron chi connectivity index (χ1n) is 11.2. The Bertz CT molecular complexity index is 1560. The molecule has 0 aliphatic carbocycles. The number of methoxy groups -OCH3 is 2. The van der Waals surface area contributed by atoms with Gasteiger partial charge in [0.05, 0.1) is 30.0 Å². The third-order valence-corrected chi connectivity index (χ3v) is 7.17. The highest BCUT2D eigenvalue weighted by Crippen LogP contribution is 2.48. The van der Waals surface area contributed by atoms with Crippen LogP contribution in [0.15, 0.2) is 58.2 Å². The fourth-order valence-electron chi connectivity index (χ4n) is 4.61. The highest BCUT2D eigenvalue weighted by molar-refractivity contribution is 7.22. The number of aromatic nitrogens is 1. The van der Waals surface area contributed by atoms with Crippen LogP contribution in [0.2, 0.25) is 0 Å². The second-order valence-electron chi connectivity index (χ2n) is 8.59. The van der Waals surface area contributed by atoms with Crippen molar-refractivity contribution in [1.82, 2.24) is 4.98 Å². The Morgan fingerprint density at radius 2 is 1.89 bits per heavy atom. The summed E-state index contributed by atoms with van der Waals surface area (Å²) >= 11 is 1.31. The van der Waals surface area contributed by atoms with E-state index in [-0.39, 0.29) is 11.3 Å². The van der Waals surface area contributed by atoms with Gasteiger partial charge in [-0.3, -0.25) is 14.5 Å². The molecule has 0 saturated carbocycles. The van der Waals surface area contributed by atoms with Crippen molar-refractivity contribution in [2.75, 3.05) is 19.1 Å². The number of thiazole rings is 1. The van der Waals surface area contributed by atoms with Crippen molar-refractivity contribution in [1.29, 1.82) is 0 Å². The van der Waals surface area contributed by atoms with E-state index in [1.54, 1.807) is 31.2 Å². The molecule has 0 fully saturated rings. The molecule has 0 saturated heterocycles. The predicted molar refractivity (Wildman–Crippen MR) is 136 cm³/mol. The monoisotopic (exact) mass is 504 g/mol. The number of ketones is 1. The highest BCUT2D eigenvalue weighted by Gasteiger charge is 2.48. The number of rotatable bonds is 6. The molecule has 1 aliphatic heterocycles. The second-order valence-corrected chi connectivity index (χ2v) is 9.60. The van der Waals surface area contributed by atoms with Crippen LogP contribution in [-0.2, 0) is 4.79 Å². The lowest BCUT2D eigenvalue weighted by Gasteiger charge is -2.26. The van der Waals surface area contributed by atoms with Gasteiger partial charge in [-0.15, -0.1) is 0 Å². The Kier molecular flexibility index (Phi) is 5.80. The van der Waals surface area contributed by atoms with Crippen LogP contribution < -0.4 is 14.4 Å². The van der Waals surface area contributed by atoms with Gasteiger partial charge in [-0.1, -0.05) is 29.5 Å². The largest absolute Gasteiger partial charge is 0.503 e. The lowest BCUT2D eigenvalue weighted by Crippen LogP contribution is -2.31. The molecule has 36 heavy (non-hydrogen) atoms. The van der Waals surface area contributed by atoms with E-state index in [0.29, 0.717) is 28.0 Å². The number of aliphatic hydroxyl groups is 1. The molecule has 8 nitrogen and oxygen atoms in total. The number of amides is 1. The minimum Gasteiger partial charge on any atom is -0.503 e. The van der Waals surface area contributed by atoms with Gasteiger partial charge in [0.2, 0.25) is 5.78 Å². The molecule has 5 rings (SSSR count). The average Bonchev–Trinajstić information content (AvgIpc) is 3.54. The molecule has 0 spiro atoms. The van der Waals surface area contributed by atoms with Crippen LogP contribution in [0.25, 0.3) is 10.2 Å². The number of ether oxygens (including phenoxy) is 2. The number of benzene rings is 2. The smallest absolute Gasteiger partial charge is 0.296 e. The number of hydrogen-bond donors (Lipinski definition) is 1. The number of aryl methyl sites for hydroxylation is 3. The summed E-state index contributed by atoms with van der Waals surface area (Å²) in [6, 6.07) is 11.3. The molecule has 1 aliphatic rings. The van der Waals surface area contributed by atoms with Gasteiger partial charge in [-0.25, -0.2) is 4.98 Å². The zero-order chi connectivity index (χ0) is 25.7. The molecule has 0 unspecified atom stereocenters. The maximum atomic E-state index is 13.6. The minimum absolute atomic E-state index is 0.0198. The molecule has 0 bridgehead atoms. The van der Waals surface area contributed by atoms with Crippen LogP contribution in [-0.4, -0.2) is 36.0 Å². The first-order valence-corrected chi connectivity index (χ1v) is 12.0. The van der Waals surface area contributed by atoms with E-state index in [0.717, 1.165) is 21.3 Å². The van der Waals surface area contributed by atoms with Crippen LogP contribution in [0.1, 0.15) is 39.0 Å². The van der Waals surface area contributed by atoms with Gasteiger partial charge in [-0.05, 0) is 56.2 Å². The fourth-order valence-corrected chi connectivity index (χ4v) is 5.78. The van der Waals surface area contributed by atoms with Crippen molar-refractivity contribution in [3.63, 3.8) is 0 Å². The molecular formula is C27H24N2O6S. The quantitative estimate of drug-likeness (QED) is 0.340. The van der Waals surface area contributed by atoms with E-state index in [2.05, 4.69) is 0 Å². The van der Waals surface area contributed by atoms with Gasteiger partial charge in [0.25, 0.3) is 5.91 Å². The molecule has 1 amide bonds. The molecule has 184 valence electrons. The van der Waals surface area contributed by atoms with Gasteiger partial charge in [0.15, 0.2) is 28.1 Å². The second kappa shape index (κ2) is 8.83. The zero-order valence-corrected chi connectivity index (χ0v) is 21.2. The Morgan fingerprint density at radius 3 is 2.56 bits per heavy atom. The van der Waals surface area contributed by atoms with E-state index >= 15 is 0 Å². The summed E-state index contributed by atoms with van der Waals surface area (Å²) in [6.07, 6.45) is 0. The van der Waals surface area contributed by atoms with Gasteiger partial charge in [0, 0.05) is 5.56 Å². The number of carbonyl (C=O) groups excluding carboxylic acids is 2. The van der Waals surface area contributed by atoms with E-state index in [1.165, 1.54) is 36.5 Å². The number of hydrogen-bond acceptors (Lipinski definition) is 8. The number of Topliss-reactive ketones (excluding diaryl/α,β-unsaturated/α-hetero) is 1. The third kappa shape index (κ3) is 3.63. The van der Waals surface area contributed by atoms with Crippen LogP contribution in [0, 0.1) is 20.8 Å². The number of anilines is 1. The zero-order valence-electron chi connectivity index (χ0n) is 20.4. The van der Waals surface area contributed by atoms with Crippen LogP contribution in [0.4, 0.5) is 5.13 Å². The number of furan rings is 1. The molecule has 2 aromatic heterocycles. The van der Waals surface area contributed by atoms with Crippen molar-refractivity contribution in [3.8, 4) is 11.5 Å². The molecule has 3 heterocycles. The van der Waals surface area contributed by atoms with Crippen molar-refractivity contribution >= 4 is 38.4 Å². The SMILES string of the molecule is COc1cccc([C@@H]2C(C(=O)c3ccc(C)o3)=C(O)C(=O)N2c2nc3c(C)cc(C)cc3s2)c1OC. The maximum Gasteiger partial charge on any atom is 0.296 e. The molecule has 9 heteroatoms. The Hall–Kier alpha value is -4.11. The number of fused-ring (bicyclic) bond motifs is 1. The lowest BCUT2D eigenvalue weighted by atomic mass is 9.94. The normalized spacial score (nSPS) is 15.8. The van der Waals surface area contributed by atoms with Crippen molar-refractivity contribution in [2.24, 2.45) is 0 Å². The maximum absolute atomic E-state index is 13.6. The lowest BCUT2D eigenvalue weighted by molar-refractivity contribution is -0.117. The Labute approximate surface area is 211 Å². The molecular weight excluding hydrogens is 480 g/mol. The predicted octanol–water partition coefficient (Wildman–Crippen LogP) is 5.61. The van der Waals surface area contributed by atoms with E-state index in [4.69, 9.17) is 18.9 Å². The number of carbonyl (C=O) groups is 2. The summed E-state index contributed by atoms with van der Waals surface area (Å²) in [4.78, 5) is 33.3. The highest BCUT2D eigenvalue weighted by atomic mass is 32.1. The van der Waals surface area contributed by atoms with E-state index in [1.807, 2.05) is 26.0 Å². The first-order chi connectivity index (χ1) is 17.2. The number of aliphatic hydroxyl groups excluding tert-OH is 1. The van der Waals surface area contributed by atoms with Crippen LogP contribution in [0.3, 0.4) is 0 Å². The Balaban J connectivity index is 1.75. The summed E-state index contributed by atoms with van der Waals surface area (Å²) in [5.74, 6) is -0.671. The van der Waals surface area contributed by atoms with Crippen LogP contribution in [0.5, 0.6) is 11.5 Å². The first kappa shape index (κ1) is 23.6. The van der Waals surface area contributed by atoms with Crippen molar-refractivity contribution < 1.29 is 28.6 Å². The molecule has 4 aromatic rings. The van der Waals surface area contributed by atoms with Crippen molar-refractivity contribution in [3.05, 3.63) is 82.0 Å². The van der Waals surface area contributed by atoms with Gasteiger partial charge < -0.3 is 19.0 Å². The van der Waals surface area contributed by atoms with Crippen LogP contribution >= 0.6 is 11.3 Å². The number of para-hydroxylation sites is 1. The molecule has 1 N–H and O–H groups in total. The van der Waals surface area contributed by atoms with Gasteiger partial charge >= 0.3 is 0 Å². The molecule has 2 aromatic carbocycles. The number of nitrogens with zero attached hydrogens (tertiary/aromatic N) is 2. The Morgan fingerprint density at radius 1 is 1.11 bits per heavy atom. The van der Waals surface area contributed by atoms with E-state index < -0.39 is 23.5 Å². The average molecular weight is 505 g/mol. The van der Waals surface area contributed by atoms with Gasteiger partial charge in [-0.2, -0.15) is 0 Å². The molecule has 0 radical (unpaired) electrons. The van der Waals surface area contributed by atoms with E-state index in [9.17, 15) is 14.7 Å². The third-order valence-electron chi connectivity index (χ3n) is 6.17. The van der Waals surface area contributed by atoms with Crippen molar-refractivity contribution in [2.45, 2.75) is 26.8 Å². The summed E-state index contributed by atoms with van der Waals surface area (Å²) in [5, 5.41) is 11.4. The standard InChI is InChI=1S/C27H24N2O6S/c1-13-11-14(2)21-19(12-13)36-27(28-21)29-22(16-7-6-8-18(33-4)25(16)34-5)20(24(31)26(29)32)23(30)17-10-9-15(3)35-17/h6-12,22,31H,1-5H3/t22-/m1/s1.